The lowest BCUT2D eigenvalue weighted by molar-refractivity contribution is 0.305. The minimum Gasteiger partial charge on any atom is -0.296 e. The zero-order valence-corrected chi connectivity index (χ0v) is 23.4. The van der Waals surface area contributed by atoms with Crippen LogP contribution in [0.25, 0.3) is 21.8 Å². The van der Waals surface area contributed by atoms with Gasteiger partial charge in [0.1, 0.15) is 11.6 Å². The highest BCUT2D eigenvalue weighted by atomic mass is 79.9. The first-order valence-electron chi connectivity index (χ1n) is 12.9. The summed E-state index contributed by atoms with van der Waals surface area (Å²) in [5.41, 5.74) is 1.34. The van der Waals surface area contributed by atoms with Crippen molar-refractivity contribution in [1.82, 2.24) is 19.1 Å². The molecule has 196 valence electrons. The quantitative estimate of drug-likeness (QED) is 0.212. The highest BCUT2D eigenvalue weighted by Gasteiger charge is 2.22. The minimum atomic E-state index is -1.14. The summed E-state index contributed by atoms with van der Waals surface area (Å²) < 4.78 is 34.7. The van der Waals surface area contributed by atoms with Gasteiger partial charge in [0.05, 0.1) is 30.3 Å². The van der Waals surface area contributed by atoms with Crippen LogP contribution in [0.4, 0.5) is 8.78 Å². The topological polar surface area (TPSA) is 69.8 Å². The van der Waals surface area contributed by atoms with Crippen LogP contribution < -0.4 is 11.1 Å². The van der Waals surface area contributed by atoms with Gasteiger partial charge in [-0.3, -0.25) is 23.1 Å². The molecule has 2 aromatic carbocycles. The van der Waals surface area contributed by atoms with Crippen LogP contribution in [-0.2, 0) is 19.5 Å². The molecular formula is C27H28Br2F2N4O2. The van der Waals surface area contributed by atoms with Gasteiger partial charge < -0.3 is 0 Å². The van der Waals surface area contributed by atoms with Gasteiger partial charge in [-0.05, 0) is 68.5 Å². The van der Waals surface area contributed by atoms with Crippen LogP contribution in [0.3, 0.4) is 0 Å². The molecule has 0 spiro atoms. The van der Waals surface area contributed by atoms with E-state index in [0.717, 1.165) is 64.3 Å². The molecule has 2 aliphatic heterocycles. The molecule has 1 atom stereocenters. The van der Waals surface area contributed by atoms with Crippen LogP contribution in [0.1, 0.15) is 57.7 Å². The summed E-state index contributed by atoms with van der Waals surface area (Å²) in [5, 5.41) is 1.27. The number of alkyl halides is 2. The van der Waals surface area contributed by atoms with E-state index in [1.807, 2.05) is 28.8 Å². The molecule has 37 heavy (non-hydrogen) atoms. The van der Waals surface area contributed by atoms with Crippen LogP contribution >= 0.6 is 31.9 Å². The summed E-state index contributed by atoms with van der Waals surface area (Å²) in [6.45, 7) is 1.38. The van der Waals surface area contributed by atoms with Crippen molar-refractivity contribution in [3.8, 4) is 0 Å². The molecule has 0 saturated carbocycles. The lowest BCUT2D eigenvalue weighted by Crippen LogP contribution is -2.25. The Labute approximate surface area is 231 Å². The second kappa shape index (κ2) is 12.4. The van der Waals surface area contributed by atoms with Gasteiger partial charge >= 0.3 is 0 Å². The van der Waals surface area contributed by atoms with Gasteiger partial charge in [0.25, 0.3) is 11.1 Å². The molecule has 0 radical (unpaired) electrons. The maximum Gasteiger partial charge on any atom is 0.261 e. The number of benzene rings is 2. The predicted octanol–water partition coefficient (Wildman–Crippen LogP) is 6.82. The molecule has 0 fully saturated rings. The van der Waals surface area contributed by atoms with Crippen molar-refractivity contribution in [2.75, 3.05) is 7.15 Å². The first kappa shape index (κ1) is 26.2. The van der Waals surface area contributed by atoms with Crippen molar-refractivity contribution in [3.05, 3.63) is 77.7 Å². The molecule has 4 aromatic rings. The monoisotopic (exact) mass is 637 g/mol. The second-order valence-corrected chi connectivity index (χ2v) is 10.8. The van der Waals surface area contributed by atoms with Crippen molar-refractivity contribution in [2.45, 2.75) is 64.2 Å². The van der Waals surface area contributed by atoms with Gasteiger partial charge in [-0.1, -0.05) is 38.3 Å². The number of halogens is 4. The molecule has 10 heteroatoms. The summed E-state index contributed by atoms with van der Waals surface area (Å²) in [6, 6.07) is 11.0. The normalized spacial score (nSPS) is 17.2. The summed E-state index contributed by atoms with van der Waals surface area (Å²) in [4.78, 5) is 33.6. The van der Waals surface area contributed by atoms with Crippen molar-refractivity contribution < 1.29 is 10.2 Å². The van der Waals surface area contributed by atoms with Gasteiger partial charge in [0.2, 0.25) is 0 Å². The van der Waals surface area contributed by atoms with Crippen molar-refractivity contribution in [1.29, 1.82) is 0 Å². The molecule has 0 amide bonds. The Hall–Kier alpha value is -2.46. The van der Waals surface area contributed by atoms with Gasteiger partial charge in [-0.15, -0.1) is 0 Å². The largest absolute Gasteiger partial charge is 0.296 e. The zero-order valence-electron chi connectivity index (χ0n) is 21.2. The van der Waals surface area contributed by atoms with Gasteiger partial charge in [0.15, 0.2) is 6.17 Å². The first-order valence-corrected chi connectivity index (χ1v) is 13.8. The van der Waals surface area contributed by atoms with E-state index in [4.69, 9.17) is 1.37 Å². The highest BCUT2D eigenvalue weighted by molar-refractivity contribution is 9.10. The highest BCUT2D eigenvalue weighted by Crippen LogP contribution is 2.27. The maximum atomic E-state index is 14.0. The Bertz CT molecular complexity index is 1560. The number of aromatic nitrogens is 4. The molecule has 0 N–H and O–H groups in total. The smallest absolute Gasteiger partial charge is 0.261 e. The van der Waals surface area contributed by atoms with Crippen LogP contribution in [0.5, 0.6) is 0 Å². The number of fused-ring (bicyclic) bond motifs is 4. The average molecular weight is 639 g/mol. The lowest BCUT2D eigenvalue weighted by atomic mass is 10.2. The summed E-state index contributed by atoms with van der Waals surface area (Å²) in [6.07, 6.45) is 5.25. The Kier molecular flexibility index (Phi) is 8.76. The van der Waals surface area contributed by atoms with Gasteiger partial charge in [-0.2, -0.15) is 0 Å². The molecule has 1 unspecified atom stereocenters. The van der Waals surface area contributed by atoms with Crippen LogP contribution in [0, 0.1) is 0 Å². The second-order valence-electron chi connectivity index (χ2n) is 9.01. The molecule has 6 rings (SSSR count). The number of hydrogen-bond donors (Lipinski definition) is 0. The fraction of sp³-hybridized carbons (Fsp3) is 0.407. The third-order valence-corrected chi connectivity index (χ3v) is 7.58. The molecule has 0 bridgehead atoms. The van der Waals surface area contributed by atoms with E-state index < -0.39 is 13.3 Å². The molecule has 4 heterocycles. The minimum absolute atomic E-state index is 0.111. The Morgan fingerprint density at radius 3 is 2.11 bits per heavy atom. The van der Waals surface area contributed by atoms with Crippen molar-refractivity contribution >= 4 is 53.7 Å². The Balaban J connectivity index is 0.000000161. The Morgan fingerprint density at radius 1 is 0.865 bits per heavy atom. The molecule has 6 nitrogen and oxygen atoms in total. The van der Waals surface area contributed by atoms with E-state index in [2.05, 4.69) is 41.8 Å². The molecule has 0 aliphatic carbocycles. The van der Waals surface area contributed by atoms with Crippen molar-refractivity contribution in [2.24, 2.45) is 0 Å². The SMILES string of the molecule is O=c1c2ccc(Br)cc2nc2n1CCCCC2.O=c1c2ccc(Br)cc2nc2n1CCCCC2F.[2H]CF. The van der Waals surface area contributed by atoms with E-state index in [1.165, 1.54) is 11.0 Å². The van der Waals surface area contributed by atoms with Crippen LogP contribution in [0.2, 0.25) is 0 Å². The van der Waals surface area contributed by atoms with Crippen LogP contribution in [-0.4, -0.2) is 26.3 Å². The van der Waals surface area contributed by atoms with E-state index in [0.29, 0.717) is 23.9 Å². The number of aryl methyl sites for hydroxylation is 1. The molecule has 2 aromatic heterocycles. The third kappa shape index (κ3) is 6.00. The summed E-state index contributed by atoms with van der Waals surface area (Å²) >= 11 is 6.76. The van der Waals surface area contributed by atoms with Crippen LogP contribution in [0.15, 0.2) is 54.9 Å². The molecule has 0 saturated heterocycles. The predicted molar refractivity (Wildman–Crippen MR) is 150 cm³/mol. The fourth-order valence-electron chi connectivity index (χ4n) is 4.78. The average Bonchev–Trinajstić information content (AvgIpc) is 3.24. The zero-order chi connectivity index (χ0) is 27.2. The van der Waals surface area contributed by atoms with Crippen molar-refractivity contribution in [3.63, 3.8) is 0 Å². The van der Waals surface area contributed by atoms with Gasteiger partial charge in [0, 0.05) is 28.5 Å². The number of hydrogen-bond acceptors (Lipinski definition) is 4. The molecule has 2 aliphatic rings. The lowest BCUT2D eigenvalue weighted by Gasteiger charge is -2.12. The van der Waals surface area contributed by atoms with E-state index in [1.54, 1.807) is 12.1 Å². The standard InChI is InChI=1S/C13H12BrFN2O.C13H13BrN2O.CH3F/c14-8-4-5-9-11(7-8)16-12-10(15)3-1-2-6-17(12)13(9)18;14-9-5-6-10-11(8-9)15-12-4-2-1-3-7-16(12)13(10)17;1-2/h4-5,7,10H,1-3,6H2;5-6,8H,1-4,7H2;1H3/i;;1D. The first-order chi connectivity index (χ1) is 18.3. The number of nitrogens with zero attached hydrogens (tertiary/aromatic N) is 4. The van der Waals surface area contributed by atoms with E-state index >= 15 is 0 Å². The van der Waals surface area contributed by atoms with E-state index in [9.17, 15) is 18.4 Å². The Morgan fingerprint density at radius 2 is 1.43 bits per heavy atom. The maximum absolute atomic E-state index is 14.0. The molecular weight excluding hydrogens is 610 g/mol. The van der Waals surface area contributed by atoms with E-state index in [-0.39, 0.29) is 16.9 Å². The summed E-state index contributed by atoms with van der Waals surface area (Å²) in [7, 11) is -1.00. The van der Waals surface area contributed by atoms with Gasteiger partial charge in [-0.25, -0.2) is 14.4 Å². The number of rotatable bonds is 0. The summed E-state index contributed by atoms with van der Waals surface area (Å²) in [5.74, 6) is 1.22. The third-order valence-electron chi connectivity index (χ3n) is 6.59. The fourth-order valence-corrected chi connectivity index (χ4v) is 5.48.